The summed E-state index contributed by atoms with van der Waals surface area (Å²) in [7, 11) is -3.18. The van der Waals surface area contributed by atoms with Gasteiger partial charge in [0.2, 0.25) is 15.9 Å². The third-order valence-electron chi connectivity index (χ3n) is 4.59. The Labute approximate surface area is 122 Å². The molecule has 0 aromatic rings. The number of carbonyl (C=O) groups excluding carboxylic acids is 1. The Morgan fingerprint density at radius 1 is 1.15 bits per heavy atom. The number of piperidine rings is 1. The van der Waals surface area contributed by atoms with Gasteiger partial charge in [0.25, 0.3) is 0 Å². The Morgan fingerprint density at radius 2 is 1.80 bits per heavy atom. The number of nitrogens with zero attached hydrogens (tertiary/aromatic N) is 1. The molecule has 1 N–H and O–H groups in total. The summed E-state index contributed by atoms with van der Waals surface area (Å²) in [4.78, 5) is 12.3. The summed E-state index contributed by atoms with van der Waals surface area (Å²) in [6, 6.07) is 0.285. The first-order chi connectivity index (χ1) is 9.36. The van der Waals surface area contributed by atoms with Crippen molar-refractivity contribution >= 4 is 15.9 Å². The molecule has 20 heavy (non-hydrogen) atoms. The van der Waals surface area contributed by atoms with Crippen molar-refractivity contribution in [3.63, 3.8) is 0 Å². The van der Waals surface area contributed by atoms with E-state index in [0.29, 0.717) is 13.1 Å². The molecule has 1 aliphatic heterocycles. The maximum absolute atomic E-state index is 12.3. The molecule has 2 rings (SSSR count). The maximum Gasteiger partial charge on any atom is 0.224 e. The van der Waals surface area contributed by atoms with E-state index in [1.807, 2.05) is 0 Å². The highest BCUT2D eigenvalue weighted by molar-refractivity contribution is 7.88. The summed E-state index contributed by atoms with van der Waals surface area (Å²) in [6.45, 7) is 3.14. The first-order valence-electron chi connectivity index (χ1n) is 7.61. The molecule has 1 atom stereocenters. The predicted molar refractivity (Wildman–Crippen MR) is 78.7 cm³/mol. The Balaban J connectivity index is 1.86. The van der Waals surface area contributed by atoms with Gasteiger partial charge in [-0.3, -0.25) is 4.79 Å². The van der Waals surface area contributed by atoms with Crippen LogP contribution in [-0.2, 0) is 14.8 Å². The number of nitrogens with one attached hydrogen (secondary N) is 1. The van der Waals surface area contributed by atoms with Gasteiger partial charge in [-0.2, -0.15) is 0 Å². The highest BCUT2D eigenvalue weighted by Gasteiger charge is 2.31. The Hall–Kier alpha value is -0.620. The second-order valence-corrected chi connectivity index (χ2v) is 8.41. The van der Waals surface area contributed by atoms with E-state index in [1.165, 1.54) is 23.4 Å². The zero-order valence-electron chi connectivity index (χ0n) is 12.5. The molecule has 2 aliphatic rings. The number of rotatable bonds is 3. The van der Waals surface area contributed by atoms with E-state index < -0.39 is 10.0 Å². The minimum Gasteiger partial charge on any atom is -0.353 e. The van der Waals surface area contributed by atoms with Gasteiger partial charge < -0.3 is 5.32 Å². The number of carbonyl (C=O) groups is 1. The molecule has 6 heteroatoms. The van der Waals surface area contributed by atoms with Crippen molar-refractivity contribution in [2.75, 3.05) is 19.3 Å². The molecule has 1 saturated carbocycles. The van der Waals surface area contributed by atoms with Gasteiger partial charge in [-0.25, -0.2) is 12.7 Å². The molecule has 116 valence electrons. The molecule has 0 spiro atoms. The monoisotopic (exact) mass is 302 g/mol. The van der Waals surface area contributed by atoms with E-state index in [4.69, 9.17) is 0 Å². The lowest BCUT2D eigenvalue weighted by molar-refractivity contribution is -0.127. The van der Waals surface area contributed by atoms with Gasteiger partial charge in [0.15, 0.2) is 0 Å². The van der Waals surface area contributed by atoms with Crippen molar-refractivity contribution in [1.82, 2.24) is 9.62 Å². The lowest BCUT2D eigenvalue weighted by Crippen LogP contribution is -2.47. The van der Waals surface area contributed by atoms with Crippen LogP contribution in [0.2, 0.25) is 0 Å². The summed E-state index contributed by atoms with van der Waals surface area (Å²) < 4.78 is 24.6. The largest absolute Gasteiger partial charge is 0.353 e. The van der Waals surface area contributed by atoms with Gasteiger partial charge in [-0.05, 0) is 44.4 Å². The van der Waals surface area contributed by atoms with Crippen molar-refractivity contribution in [3.8, 4) is 0 Å². The van der Waals surface area contributed by atoms with Crippen LogP contribution >= 0.6 is 0 Å². The summed E-state index contributed by atoms with van der Waals surface area (Å²) in [5.41, 5.74) is 0. The molecule has 1 aliphatic carbocycles. The quantitative estimate of drug-likeness (QED) is 0.856. The van der Waals surface area contributed by atoms with E-state index >= 15 is 0 Å². The minimum absolute atomic E-state index is 0.0397. The molecule has 1 heterocycles. The van der Waals surface area contributed by atoms with Crippen molar-refractivity contribution in [2.45, 2.75) is 51.5 Å². The van der Waals surface area contributed by atoms with Crippen molar-refractivity contribution in [2.24, 2.45) is 11.8 Å². The standard InChI is InChI=1S/C14H26N2O3S/c1-11-5-7-13(8-6-11)15-14(17)12-4-3-9-16(10-12)20(2,18)19/h11-13H,3-10H2,1-2H3,(H,15,17). The fraction of sp³-hybridized carbons (Fsp3) is 0.929. The molecular weight excluding hydrogens is 276 g/mol. The van der Waals surface area contributed by atoms with Crippen molar-refractivity contribution < 1.29 is 13.2 Å². The topological polar surface area (TPSA) is 66.5 Å². The molecule has 0 bridgehead atoms. The minimum atomic E-state index is -3.18. The highest BCUT2D eigenvalue weighted by atomic mass is 32.2. The zero-order valence-corrected chi connectivity index (χ0v) is 13.3. The zero-order chi connectivity index (χ0) is 14.8. The summed E-state index contributed by atoms with van der Waals surface area (Å²) in [5, 5.41) is 3.12. The molecule has 0 aromatic carbocycles. The molecule has 0 radical (unpaired) electrons. The van der Waals surface area contributed by atoms with Crippen LogP contribution in [0, 0.1) is 11.8 Å². The fourth-order valence-electron chi connectivity index (χ4n) is 3.18. The average Bonchev–Trinajstić information content (AvgIpc) is 2.40. The van der Waals surface area contributed by atoms with Crippen LogP contribution in [0.4, 0.5) is 0 Å². The Kier molecular flexibility index (Phi) is 5.07. The van der Waals surface area contributed by atoms with Crippen molar-refractivity contribution in [1.29, 1.82) is 0 Å². The molecule has 0 aromatic heterocycles. The Morgan fingerprint density at radius 3 is 2.40 bits per heavy atom. The summed E-state index contributed by atoms with van der Waals surface area (Å²) in [5.74, 6) is 0.620. The highest BCUT2D eigenvalue weighted by Crippen LogP contribution is 2.24. The van der Waals surface area contributed by atoms with Gasteiger partial charge in [0.1, 0.15) is 0 Å². The maximum atomic E-state index is 12.3. The van der Waals surface area contributed by atoms with E-state index in [-0.39, 0.29) is 17.9 Å². The lowest BCUT2D eigenvalue weighted by atomic mass is 9.87. The van der Waals surface area contributed by atoms with Gasteiger partial charge in [-0.15, -0.1) is 0 Å². The van der Waals surface area contributed by atoms with Gasteiger partial charge in [-0.1, -0.05) is 6.92 Å². The summed E-state index contributed by atoms with van der Waals surface area (Å²) >= 11 is 0. The Bertz CT molecular complexity index is 441. The molecule has 1 saturated heterocycles. The molecule has 1 unspecified atom stereocenters. The van der Waals surface area contributed by atoms with Gasteiger partial charge in [0, 0.05) is 19.1 Å². The van der Waals surface area contributed by atoms with Crippen LogP contribution < -0.4 is 5.32 Å². The summed E-state index contributed by atoms with van der Waals surface area (Å²) in [6.07, 6.45) is 7.23. The number of hydrogen-bond acceptors (Lipinski definition) is 3. The average molecular weight is 302 g/mol. The predicted octanol–water partition coefficient (Wildman–Crippen LogP) is 1.35. The number of sulfonamides is 1. The van der Waals surface area contributed by atoms with Gasteiger partial charge in [0.05, 0.1) is 12.2 Å². The first-order valence-corrected chi connectivity index (χ1v) is 9.46. The number of hydrogen-bond donors (Lipinski definition) is 1. The third kappa shape index (κ3) is 4.19. The first kappa shape index (κ1) is 15.8. The lowest BCUT2D eigenvalue weighted by Gasteiger charge is -2.32. The molecule has 2 fully saturated rings. The van der Waals surface area contributed by atoms with Gasteiger partial charge >= 0.3 is 0 Å². The van der Waals surface area contributed by atoms with Crippen LogP contribution in [0.15, 0.2) is 0 Å². The fourth-order valence-corrected chi connectivity index (χ4v) is 4.09. The third-order valence-corrected chi connectivity index (χ3v) is 5.86. The second kappa shape index (κ2) is 6.43. The van der Waals surface area contributed by atoms with Crippen LogP contribution in [0.3, 0.4) is 0 Å². The van der Waals surface area contributed by atoms with E-state index in [1.54, 1.807) is 0 Å². The van der Waals surface area contributed by atoms with E-state index in [2.05, 4.69) is 12.2 Å². The SMILES string of the molecule is CC1CCC(NC(=O)C2CCCN(S(C)(=O)=O)C2)CC1. The second-order valence-electron chi connectivity index (χ2n) is 6.43. The van der Waals surface area contributed by atoms with E-state index in [9.17, 15) is 13.2 Å². The van der Waals surface area contributed by atoms with Crippen LogP contribution in [-0.4, -0.2) is 44.0 Å². The van der Waals surface area contributed by atoms with Crippen LogP contribution in [0.5, 0.6) is 0 Å². The smallest absolute Gasteiger partial charge is 0.224 e. The molecular formula is C14H26N2O3S. The van der Waals surface area contributed by atoms with E-state index in [0.717, 1.165) is 31.6 Å². The molecule has 5 nitrogen and oxygen atoms in total. The van der Waals surface area contributed by atoms with Crippen molar-refractivity contribution in [3.05, 3.63) is 0 Å². The normalized spacial score (nSPS) is 32.8. The van der Waals surface area contributed by atoms with Crippen LogP contribution in [0.25, 0.3) is 0 Å². The number of amides is 1. The van der Waals surface area contributed by atoms with Crippen LogP contribution in [0.1, 0.15) is 45.4 Å². The molecule has 1 amide bonds.